The van der Waals surface area contributed by atoms with Gasteiger partial charge in [-0.3, -0.25) is 9.59 Å². The third kappa shape index (κ3) is 5.07. The Morgan fingerprint density at radius 2 is 1.71 bits per heavy atom. The lowest BCUT2D eigenvalue weighted by Gasteiger charge is -2.36. The molecular weight excluding hydrogens is 384 g/mol. The van der Waals surface area contributed by atoms with Crippen molar-refractivity contribution in [2.24, 2.45) is 5.92 Å². The average molecular weight is 417 g/mol. The average Bonchev–Trinajstić information content (AvgIpc) is 2.79. The van der Waals surface area contributed by atoms with E-state index in [-0.39, 0.29) is 17.9 Å². The molecular formula is C27H32N2O2. The maximum atomic E-state index is 13.1. The van der Waals surface area contributed by atoms with E-state index in [4.69, 9.17) is 0 Å². The van der Waals surface area contributed by atoms with Crippen LogP contribution in [0.3, 0.4) is 0 Å². The molecule has 0 radical (unpaired) electrons. The number of amides is 2. The van der Waals surface area contributed by atoms with Gasteiger partial charge in [-0.1, -0.05) is 54.1 Å². The number of hydrogen-bond donors (Lipinski definition) is 0. The largest absolute Gasteiger partial charge is 0.343 e. The molecule has 2 aromatic carbocycles. The molecule has 0 N–H and O–H groups in total. The van der Waals surface area contributed by atoms with Gasteiger partial charge in [-0.25, -0.2) is 0 Å². The van der Waals surface area contributed by atoms with Gasteiger partial charge < -0.3 is 9.80 Å². The highest BCUT2D eigenvalue weighted by atomic mass is 16.2. The third-order valence-corrected chi connectivity index (χ3v) is 6.77. The van der Waals surface area contributed by atoms with Crippen LogP contribution in [0.5, 0.6) is 0 Å². The summed E-state index contributed by atoms with van der Waals surface area (Å²) in [5.74, 6) is 0.800. The summed E-state index contributed by atoms with van der Waals surface area (Å²) >= 11 is 0. The smallest absolute Gasteiger partial charge is 0.225 e. The first-order chi connectivity index (χ1) is 15.0. The van der Waals surface area contributed by atoms with E-state index < -0.39 is 0 Å². The minimum Gasteiger partial charge on any atom is -0.343 e. The number of hydrogen-bond acceptors (Lipinski definition) is 2. The number of aryl methyl sites for hydroxylation is 2. The van der Waals surface area contributed by atoms with E-state index in [2.05, 4.69) is 31.2 Å². The Bertz CT molecular complexity index is 955. The van der Waals surface area contributed by atoms with Gasteiger partial charge in [-0.05, 0) is 61.3 Å². The lowest BCUT2D eigenvalue weighted by atomic mass is 9.89. The molecule has 4 heteroatoms. The number of carbonyl (C=O) groups is 2. The summed E-state index contributed by atoms with van der Waals surface area (Å²) in [6, 6.07) is 16.6. The zero-order valence-corrected chi connectivity index (χ0v) is 18.6. The Labute approximate surface area is 185 Å². The zero-order chi connectivity index (χ0) is 21.8. The van der Waals surface area contributed by atoms with E-state index >= 15 is 0 Å². The van der Waals surface area contributed by atoms with Crippen LogP contribution < -0.4 is 0 Å². The first-order valence-electron chi connectivity index (χ1n) is 11.4. The second kappa shape index (κ2) is 9.51. The lowest BCUT2D eigenvalue weighted by molar-refractivity contribution is -0.135. The monoisotopic (exact) mass is 416 g/mol. The van der Waals surface area contributed by atoms with Crippen LogP contribution in [0.4, 0.5) is 0 Å². The highest BCUT2D eigenvalue weighted by molar-refractivity contribution is 5.82. The van der Waals surface area contributed by atoms with Gasteiger partial charge in [-0.2, -0.15) is 0 Å². The molecule has 0 aromatic heterocycles. The molecule has 2 aromatic rings. The molecule has 0 bridgehead atoms. The highest BCUT2D eigenvalue weighted by Crippen LogP contribution is 2.34. The van der Waals surface area contributed by atoms with Gasteiger partial charge in [0.2, 0.25) is 11.8 Å². The molecule has 0 saturated carbocycles. The topological polar surface area (TPSA) is 40.6 Å². The molecule has 1 fully saturated rings. The lowest BCUT2D eigenvalue weighted by Crippen LogP contribution is -2.41. The minimum absolute atomic E-state index is 0.0293. The van der Waals surface area contributed by atoms with Crippen LogP contribution in [0, 0.1) is 12.8 Å². The Hall–Kier alpha value is -2.88. The maximum Gasteiger partial charge on any atom is 0.225 e. The number of rotatable bonds is 5. The number of carbonyl (C=O) groups excluding carboxylic acids is 2. The fourth-order valence-corrected chi connectivity index (χ4v) is 4.80. The van der Waals surface area contributed by atoms with Crippen molar-refractivity contribution in [1.82, 2.24) is 9.80 Å². The maximum absolute atomic E-state index is 13.1. The summed E-state index contributed by atoms with van der Waals surface area (Å²) in [5.41, 5.74) is 4.85. The predicted octanol–water partition coefficient (Wildman–Crippen LogP) is 5.13. The van der Waals surface area contributed by atoms with Crippen molar-refractivity contribution >= 4 is 17.9 Å². The molecule has 4 nitrogen and oxygen atoms in total. The van der Waals surface area contributed by atoms with Crippen LogP contribution in [0.25, 0.3) is 6.08 Å². The van der Waals surface area contributed by atoms with Crippen molar-refractivity contribution in [1.29, 1.82) is 0 Å². The SMILES string of the molecule is CC(=O)N1C=Cc2ccccc2C1CC(=O)N1CCC(CCc2ccc(C)cc2)CC1. The molecule has 31 heavy (non-hydrogen) atoms. The number of likely N-dealkylation sites (tertiary alicyclic amines) is 1. The normalized spacial score (nSPS) is 18.7. The van der Waals surface area contributed by atoms with E-state index in [1.165, 1.54) is 17.5 Å². The van der Waals surface area contributed by atoms with E-state index in [1.54, 1.807) is 11.8 Å². The van der Waals surface area contributed by atoms with Crippen molar-refractivity contribution in [3.05, 3.63) is 77.0 Å². The van der Waals surface area contributed by atoms with Crippen molar-refractivity contribution in [2.75, 3.05) is 13.1 Å². The highest BCUT2D eigenvalue weighted by Gasteiger charge is 2.31. The van der Waals surface area contributed by atoms with Gasteiger partial charge >= 0.3 is 0 Å². The predicted molar refractivity (Wildman–Crippen MR) is 124 cm³/mol. The number of piperidine rings is 1. The minimum atomic E-state index is -0.217. The summed E-state index contributed by atoms with van der Waals surface area (Å²) in [4.78, 5) is 29.0. The van der Waals surface area contributed by atoms with E-state index in [0.29, 0.717) is 12.3 Å². The zero-order valence-electron chi connectivity index (χ0n) is 18.6. The molecule has 2 amide bonds. The van der Waals surface area contributed by atoms with Gasteiger partial charge in [0, 0.05) is 26.2 Å². The fraction of sp³-hybridized carbons (Fsp3) is 0.407. The third-order valence-electron chi connectivity index (χ3n) is 6.77. The van der Waals surface area contributed by atoms with E-state index in [9.17, 15) is 9.59 Å². The standard InChI is InChI=1S/C27H32N2O2/c1-20-7-9-22(10-8-20)11-12-23-13-16-28(17-14-23)27(31)19-26-25-6-4-3-5-24(25)15-18-29(26)21(2)30/h3-10,15,18,23,26H,11-14,16-17,19H2,1-2H3. The Morgan fingerprint density at radius 3 is 2.42 bits per heavy atom. The van der Waals surface area contributed by atoms with Gasteiger partial charge in [0.15, 0.2) is 0 Å². The molecule has 162 valence electrons. The second-order valence-corrected chi connectivity index (χ2v) is 8.94. The van der Waals surface area contributed by atoms with Crippen LogP contribution in [0.1, 0.15) is 60.9 Å². The first kappa shape index (κ1) is 21.4. The van der Waals surface area contributed by atoms with Crippen LogP contribution in [0.2, 0.25) is 0 Å². The van der Waals surface area contributed by atoms with Crippen molar-refractivity contribution in [3.63, 3.8) is 0 Å². The van der Waals surface area contributed by atoms with Crippen LogP contribution in [-0.4, -0.2) is 34.7 Å². The molecule has 2 aliphatic heterocycles. The fourth-order valence-electron chi connectivity index (χ4n) is 4.80. The summed E-state index contributed by atoms with van der Waals surface area (Å²) in [5, 5.41) is 0. The molecule has 0 aliphatic carbocycles. The van der Waals surface area contributed by atoms with Crippen LogP contribution in [-0.2, 0) is 16.0 Å². The Kier molecular flexibility index (Phi) is 6.55. The molecule has 0 spiro atoms. The van der Waals surface area contributed by atoms with Gasteiger partial charge in [0.1, 0.15) is 0 Å². The Balaban J connectivity index is 1.32. The quantitative estimate of drug-likeness (QED) is 0.678. The molecule has 2 heterocycles. The van der Waals surface area contributed by atoms with Crippen molar-refractivity contribution < 1.29 is 9.59 Å². The number of nitrogens with zero attached hydrogens (tertiary/aromatic N) is 2. The molecule has 4 rings (SSSR count). The summed E-state index contributed by atoms with van der Waals surface area (Å²) in [7, 11) is 0. The van der Waals surface area contributed by atoms with Crippen molar-refractivity contribution in [2.45, 2.75) is 52.0 Å². The number of fused-ring (bicyclic) bond motifs is 1. The Morgan fingerprint density at radius 1 is 1.00 bits per heavy atom. The summed E-state index contributed by atoms with van der Waals surface area (Å²) in [6.45, 7) is 5.33. The van der Waals surface area contributed by atoms with Gasteiger partial charge in [-0.15, -0.1) is 0 Å². The second-order valence-electron chi connectivity index (χ2n) is 8.94. The molecule has 2 aliphatic rings. The van der Waals surface area contributed by atoms with Gasteiger partial charge in [0.25, 0.3) is 0 Å². The summed E-state index contributed by atoms with van der Waals surface area (Å²) in [6.07, 6.45) is 8.54. The van der Waals surface area contributed by atoms with Crippen LogP contribution in [0.15, 0.2) is 54.7 Å². The van der Waals surface area contributed by atoms with Gasteiger partial charge in [0.05, 0.1) is 12.5 Å². The van der Waals surface area contributed by atoms with Crippen LogP contribution >= 0.6 is 0 Å². The van der Waals surface area contributed by atoms with Crippen molar-refractivity contribution in [3.8, 4) is 0 Å². The number of benzene rings is 2. The summed E-state index contributed by atoms with van der Waals surface area (Å²) < 4.78 is 0. The van der Waals surface area contributed by atoms with E-state index in [1.807, 2.05) is 41.4 Å². The molecule has 1 unspecified atom stereocenters. The van der Waals surface area contributed by atoms with E-state index in [0.717, 1.165) is 43.5 Å². The first-order valence-corrected chi connectivity index (χ1v) is 11.4. The molecule has 1 saturated heterocycles. The molecule has 1 atom stereocenters.